The second kappa shape index (κ2) is 9.20. The maximum absolute atomic E-state index is 12.1. The lowest BCUT2D eigenvalue weighted by Crippen LogP contribution is -2.17. The van der Waals surface area contributed by atoms with Gasteiger partial charge in [-0.15, -0.1) is 0 Å². The summed E-state index contributed by atoms with van der Waals surface area (Å²) in [6, 6.07) is 13.5. The third-order valence-electron chi connectivity index (χ3n) is 4.23. The molecule has 150 valence electrons. The molecule has 0 aliphatic rings. The van der Waals surface area contributed by atoms with E-state index in [0.717, 1.165) is 22.5 Å². The summed E-state index contributed by atoms with van der Waals surface area (Å²) in [5.41, 5.74) is 11.7. The van der Waals surface area contributed by atoms with Crippen molar-refractivity contribution < 1.29 is 14.3 Å². The van der Waals surface area contributed by atoms with E-state index in [1.165, 1.54) is 11.8 Å². The first-order valence-electron chi connectivity index (χ1n) is 8.89. The molecule has 0 unspecified atom stereocenters. The molecule has 3 aromatic rings. The number of ether oxygens (including phenoxy) is 2. The SMILES string of the molecule is COc1cc(C=NNC(=O)c2sc(N)nc2C)ccc1OCc1ccccc1C. The summed E-state index contributed by atoms with van der Waals surface area (Å²) < 4.78 is 11.3. The largest absolute Gasteiger partial charge is 0.493 e. The summed E-state index contributed by atoms with van der Waals surface area (Å²) in [6.07, 6.45) is 1.53. The molecule has 0 saturated carbocycles. The zero-order chi connectivity index (χ0) is 20.8. The van der Waals surface area contributed by atoms with Gasteiger partial charge in [0.2, 0.25) is 0 Å². The van der Waals surface area contributed by atoms with Gasteiger partial charge in [0, 0.05) is 0 Å². The van der Waals surface area contributed by atoms with Crippen LogP contribution < -0.4 is 20.6 Å². The number of hydrogen-bond donors (Lipinski definition) is 2. The minimum absolute atomic E-state index is 0.349. The molecular formula is C21H22N4O3S. The molecule has 0 fully saturated rings. The van der Waals surface area contributed by atoms with Crippen LogP contribution in [0.15, 0.2) is 47.6 Å². The van der Waals surface area contributed by atoms with Crippen molar-refractivity contribution >= 4 is 28.6 Å². The van der Waals surface area contributed by atoms with Gasteiger partial charge in [0.1, 0.15) is 11.5 Å². The average Bonchev–Trinajstić information content (AvgIpc) is 3.06. The number of thiazole rings is 1. The lowest BCUT2D eigenvalue weighted by molar-refractivity contribution is 0.0958. The van der Waals surface area contributed by atoms with Gasteiger partial charge in [-0.3, -0.25) is 4.79 Å². The smallest absolute Gasteiger partial charge is 0.283 e. The van der Waals surface area contributed by atoms with Crippen molar-refractivity contribution in [2.45, 2.75) is 20.5 Å². The van der Waals surface area contributed by atoms with Crippen LogP contribution in [0, 0.1) is 13.8 Å². The van der Waals surface area contributed by atoms with Gasteiger partial charge in [-0.1, -0.05) is 35.6 Å². The number of benzene rings is 2. The zero-order valence-electron chi connectivity index (χ0n) is 16.4. The number of carbonyl (C=O) groups excluding carboxylic acids is 1. The molecule has 7 nitrogen and oxygen atoms in total. The molecule has 0 atom stereocenters. The van der Waals surface area contributed by atoms with Crippen molar-refractivity contribution in [2.75, 3.05) is 12.8 Å². The number of aromatic nitrogens is 1. The molecule has 1 amide bonds. The van der Waals surface area contributed by atoms with Gasteiger partial charge in [0.15, 0.2) is 16.6 Å². The Morgan fingerprint density at radius 2 is 2.03 bits per heavy atom. The number of nitrogens with zero attached hydrogens (tertiary/aromatic N) is 2. The number of aryl methyl sites for hydroxylation is 2. The number of nitrogens with one attached hydrogen (secondary N) is 1. The van der Waals surface area contributed by atoms with Crippen LogP contribution in [-0.4, -0.2) is 24.2 Å². The zero-order valence-corrected chi connectivity index (χ0v) is 17.2. The highest BCUT2D eigenvalue weighted by Gasteiger charge is 2.13. The van der Waals surface area contributed by atoms with Crippen molar-refractivity contribution in [2.24, 2.45) is 5.10 Å². The molecular weight excluding hydrogens is 388 g/mol. The first-order valence-corrected chi connectivity index (χ1v) is 9.71. The van der Waals surface area contributed by atoms with E-state index in [9.17, 15) is 4.79 Å². The van der Waals surface area contributed by atoms with E-state index in [-0.39, 0.29) is 5.91 Å². The first-order chi connectivity index (χ1) is 14.0. The molecule has 0 radical (unpaired) electrons. The van der Waals surface area contributed by atoms with Crippen molar-refractivity contribution in [3.63, 3.8) is 0 Å². The summed E-state index contributed by atoms with van der Waals surface area (Å²) in [5, 5.41) is 4.35. The Balaban J connectivity index is 1.65. The van der Waals surface area contributed by atoms with Gasteiger partial charge in [-0.2, -0.15) is 5.10 Å². The van der Waals surface area contributed by atoms with Crippen molar-refractivity contribution in [1.82, 2.24) is 10.4 Å². The highest BCUT2D eigenvalue weighted by Crippen LogP contribution is 2.28. The lowest BCUT2D eigenvalue weighted by Gasteiger charge is -2.12. The molecule has 3 N–H and O–H groups in total. The van der Waals surface area contributed by atoms with Crippen LogP contribution in [0.25, 0.3) is 0 Å². The van der Waals surface area contributed by atoms with Crippen LogP contribution in [0.3, 0.4) is 0 Å². The predicted octanol–water partition coefficient (Wildman–Crippen LogP) is 3.69. The number of methoxy groups -OCH3 is 1. The molecule has 0 saturated heterocycles. The van der Waals surface area contributed by atoms with Gasteiger partial charge in [-0.05, 0) is 48.7 Å². The third-order valence-corrected chi connectivity index (χ3v) is 5.22. The summed E-state index contributed by atoms with van der Waals surface area (Å²) in [7, 11) is 1.58. The molecule has 29 heavy (non-hydrogen) atoms. The number of hydrogen-bond acceptors (Lipinski definition) is 7. The maximum atomic E-state index is 12.1. The molecule has 2 aromatic carbocycles. The number of anilines is 1. The van der Waals surface area contributed by atoms with E-state index < -0.39 is 0 Å². The van der Waals surface area contributed by atoms with Gasteiger partial charge < -0.3 is 15.2 Å². The minimum atomic E-state index is -0.349. The quantitative estimate of drug-likeness (QED) is 0.457. The molecule has 8 heteroatoms. The van der Waals surface area contributed by atoms with Crippen LogP contribution in [0.2, 0.25) is 0 Å². The Hall–Kier alpha value is -3.39. The number of rotatable bonds is 7. The molecule has 1 aromatic heterocycles. The van der Waals surface area contributed by atoms with E-state index in [4.69, 9.17) is 15.2 Å². The molecule has 0 aliphatic heterocycles. The predicted molar refractivity (Wildman–Crippen MR) is 115 cm³/mol. The Morgan fingerprint density at radius 3 is 2.72 bits per heavy atom. The molecule has 0 spiro atoms. The Labute approximate surface area is 173 Å². The van der Waals surface area contributed by atoms with Crippen molar-refractivity contribution in [3.05, 3.63) is 69.7 Å². The summed E-state index contributed by atoms with van der Waals surface area (Å²) in [5.74, 6) is 0.866. The van der Waals surface area contributed by atoms with Crippen LogP contribution in [-0.2, 0) is 6.61 Å². The van der Waals surface area contributed by atoms with Crippen LogP contribution in [0.4, 0.5) is 5.13 Å². The maximum Gasteiger partial charge on any atom is 0.283 e. The molecule has 0 aliphatic carbocycles. The highest BCUT2D eigenvalue weighted by molar-refractivity contribution is 7.17. The average molecular weight is 410 g/mol. The minimum Gasteiger partial charge on any atom is -0.493 e. The number of amides is 1. The normalized spacial score (nSPS) is 10.9. The third kappa shape index (κ3) is 5.11. The van der Waals surface area contributed by atoms with Crippen molar-refractivity contribution in [3.8, 4) is 11.5 Å². The molecule has 3 rings (SSSR count). The summed E-state index contributed by atoms with van der Waals surface area (Å²) >= 11 is 1.13. The number of nitrogen functional groups attached to an aromatic ring is 1. The highest BCUT2D eigenvalue weighted by atomic mass is 32.1. The number of nitrogens with two attached hydrogens (primary N) is 1. The van der Waals surface area contributed by atoms with Gasteiger partial charge in [-0.25, -0.2) is 10.4 Å². The van der Waals surface area contributed by atoms with Crippen molar-refractivity contribution in [1.29, 1.82) is 0 Å². The van der Waals surface area contributed by atoms with Crippen LogP contribution >= 0.6 is 11.3 Å². The van der Waals surface area contributed by atoms with Gasteiger partial charge >= 0.3 is 0 Å². The second-order valence-corrected chi connectivity index (χ2v) is 7.32. The van der Waals surface area contributed by atoms with Crippen LogP contribution in [0.1, 0.15) is 32.1 Å². The van der Waals surface area contributed by atoms with E-state index in [2.05, 4.69) is 15.5 Å². The second-order valence-electron chi connectivity index (χ2n) is 6.29. The standard InChI is InChI=1S/C21H22N4O3S/c1-13-6-4-5-7-16(13)12-28-17-9-8-15(10-18(17)27-3)11-23-25-20(26)19-14(2)24-21(22)29-19/h4-11H,12H2,1-3H3,(H2,22,24)(H,25,26). The summed E-state index contributed by atoms with van der Waals surface area (Å²) in [6.45, 7) is 4.22. The van der Waals surface area contributed by atoms with E-state index in [1.807, 2.05) is 43.3 Å². The van der Waals surface area contributed by atoms with E-state index in [1.54, 1.807) is 20.1 Å². The fourth-order valence-electron chi connectivity index (χ4n) is 2.66. The van der Waals surface area contributed by atoms with Crippen LogP contribution in [0.5, 0.6) is 11.5 Å². The summed E-state index contributed by atoms with van der Waals surface area (Å²) in [4.78, 5) is 16.6. The monoisotopic (exact) mass is 410 g/mol. The van der Waals surface area contributed by atoms with Gasteiger partial charge in [0.25, 0.3) is 5.91 Å². The first kappa shape index (κ1) is 20.3. The fourth-order valence-corrected chi connectivity index (χ4v) is 3.38. The Bertz CT molecular complexity index is 1050. The van der Waals surface area contributed by atoms with E-state index in [0.29, 0.717) is 33.8 Å². The Kier molecular flexibility index (Phi) is 6.46. The number of carbonyl (C=O) groups is 1. The molecule has 0 bridgehead atoms. The Morgan fingerprint density at radius 1 is 1.24 bits per heavy atom. The lowest BCUT2D eigenvalue weighted by atomic mass is 10.1. The molecule has 1 heterocycles. The number of hydrazone groups is 1. The van der Waals surface area contributed by atoms with E-state index >= 15 is 0 Å². The van der Waals surface area contributed by atoms with Gasteiger partial charge in [0.05, 0.1) is 19.0 Å². The fraction of sp³-hybridized carbons (Fsp3) is 0.190. The topological polar surface area (TPSA) is 98.8 Å².